The summed E-state index contributed by atoms with van der Waals surface area (Å²) in [5.74, 6) is 0.811. The molecule has 0 aromatic heterocycles. The van der Waals surface area contributed by atoms with Gasteiger partial charge in [-0.2, -0.15) is 0 Å². The van der Waals surface area contributed by atoms with Gasteiger partial charge in [-0.15, -0.1) is 0 Å². The number of nitrogens with zero attached hydrogens (tertiary/aromatic N) is 2. The van der Waals surface area contributed by atoms with Gasteiger partial charge in [0.1, 0.15) is 0 Å². The molecule has 0 radical (unpaired) electrons. The van der Waals surface area contributed by atoms with Gasteiger partial charge in [-0.3, -0.25) is 15.1 Å². The van der Waals surface area contributed by atoms with E-state index in [4.69, 9.17) is 0 Å². The number of benzene rings is 1. The van der Waals surface area contributed by atoms with Crippen LogP contribution < -0.4 is 5.32 Å². The smallest absolute Gasteiger partial charge is 0.163 e. The van der Waals surface area contributed by atoms with Gasteiger partial charge in [-0.1, -0.05) is 30.3 Å². The van der Waals surface area contributed by atoms with E-state index in [2.05, 4.69) is 59.5 Å². The van der Waals surface area contributed by atoms with Crippen molar-refractivity contribution in [1.29, 1.82) is 0 Å². The zero-order valence-electron chi connectivity index (χ0n) is 15.0. The molecule has 4 nitrogen and oxygen atoms in total. The monoisotopic (exact) mass is 329 g/mol. The van der Waals surface area contributed by atoms with Gasteiger partial charge in [-0.25, -0.2) is 0 Å². The van der Waals surface area contributed by atoms with Crippen LogP contribution in [0.3, 0.4) is 0 Å². The van der Waals surface area contributed by atoms with Gasteiger partial charge in [0.05, 0.1) is 0 Å². The predicted octanol–water partition coefficient (Wildman–Crippen LogP) is 2.35. The van der Waals surface area contributed by atoms with Gasteiger partial charge in [0.2, 0.25) is 0 Å². The van der Waals surface area contributed by atoms with Crippen molar-refractivity contribution in [2.45, 2.75) is 56.0 Å². The Kier molecular flexibility index (Phi) is 4.20. The van der Waals surface area contributed by atoms with E-state index in [0.29, 0.717) is 0 Å². The van der Waals surface area contributed by atoms with Crippen LogP contribution in [-0.4, -0.2) is 54.0 Å². The molecule has 3 aliphatic rings. The van der Waals surface area contributed by atoms with Crippen molar-refractivity contribution < 1.29 is 5.11 Å². The molecule has 1 atom stereocenters. The van der Waals surface area contributed by atoms with Gasteiger partial charge in [0, 0.05) is 24.2 Å². The van der Waals surface area contributed by atoms with Crippen molar-refractivity contribution in [1.82, 2.24) is 15.1 Å². The van der Waals surface area contributed by atoms with E-state index < -0.39 is 6.35 Å². The highest BCUT2D eigenvalue weighted by atomic mass is 16.3. The first-order valence-corrected chi connectivity index (χ1v) is 9.47. The first-order valence-electron chi connectivity index (χ1n) is 9.47. The van der Waals surface area contributed by atoms with Crippen molar-refractivity contribution in [3.63, 3.8) is 0 Å². The van der Waals surface area contributed by atoms with Crippen molar-refractivity contribution in [2.24, 2.45) is 5.92 Å². The highest BCUT2D eigenvalue weighted by Gasteiger charge is 2.52. The summed E-state index contributed by atoms with van der Waals surface area (Å²) in [6.45, 7) is 1.99. The van der Waals surface area contributed by atoms with Crippen LogP contribution in [0.4, 0.5) is 0 Å². The molecule has 0 bridgehead atoms. The molecule has 1 spiro atoms. The summed E-state index contributed by atoms with van der Waals surface area (Å²) in [7, 11) is 4.43. The highest BCUT2D eigenvalue weighted by molar-refractivity contribution is 5.26. The van der Waals surface area contributed by atoms with E-state index in [1.165, 1.54) is 18.4 Å². The number of rotatable bonds is 4. The van der Waals surface area contributed by atoms with Crippen molar-refractivity contribution in [3.05, 3.63) is 35.9 Å². The normalized spacial score (nSPS) is 37.4. The third-order valence-corrected chi connectivity index (χ3v) is 6.85. The molecule has 2 N–H and O–H groups in total. The second-order valence-corrected chi connectivity index (χ2v) is 8.37. The van der Waals surface area contributed by atoms with E-state index in [0.717, 1.165) is 44.7 Å². The first-order chi connectivity index (χ1) is 11.6. The Morgan fingerprint density at radius 2 is 1.79 bits per heavy atom. The molecule has 2 aliphatic carbocycles. The summed E-state index contributed by atoms with van der Waals surface area (Å²) in [5, 5.41) is 13.8. The van der Waals surface area contributed by atoms with Crippen LogP contribution >= 0.6 is 0 Å². The quantitative estimate of drug-likeness (QED) is 0.889. The maximum absolute atomic E-state index is 10.4. The molecule has 1 heterocycles. The third-order valence-electron chi connectivity index (χ3n) is 6.85. The molecule has 1 aromatic carbocycles. The Bertz CT molecular complexity index is 562. The molecule has 1 saturated heterocycles. The Morgan fingerprint density at radius 3 is 2.38 bits per heavy atom. The molecule has 4 rings (SSSR count). The van der Waals surface area contributed by atoms with Crippen LogP contribution in [0, 0.1) is 5.92 Å². The SMILES string of the molecule is CN(C)C1(c2ccccc2)CCC2(CC1)CNC(O)N2CC1CC1. The van der Waals surface area contributed by atoms with Crippen LogP contribution in [-0.2, 0) is 5.54 Å². The second-order valence-electron chi connectivity index (χ2n) is 8.37. The molecule has 1 aliphatic heterocycles. The molecule has 24 heavy (non-hydrogen) atoms. The van der Waals surface area contributed by atoms with E-state index in [9.17, 15) is 5.11 Å². The average Bonchev–Trinajstić information content (AvgIpc) is 3.38. The maximum Gasteiger partial charge on any atom is 0.163 e. The minimum atomic E-state index is -0.450. The van der Waals surface area contributed by atoms with Crippen LogP contribution in [0.25, 0.3) is 0 Å². The first kappa shape index (κ1) is 16.5. The Labute approximate surface area is 145 Å². The van der Waals surface area contributed by atoms with Gasteiger partial charge in [0.15, 0.2) is 6.35 Å². The summed E-state index contributed by atoms with van der Waals surface area (Å²) in [6, 6.07) is 11.0. The largest absolute Gasteiger partial charge is 0.365 e. The standard InChI is InChI=1S/C20H31N3O/c1-22(2)20(17-6-4-3-5-7-17)12-10-19(11-13-20)15-21-18(24)23(19)14-16-8-9-16/h3-7,16,18,21,24H,8-15H2,1-2H3. The van der Waals surface area contributed by atoms with E-state index in [-0.39, 0.29) is 11.1 Å². The fourth-order valence-corrected chi connectivity index (χ4v) is 4.96. The highest BCUT2D eigenvalue weighted by Crippen LogP contribution is 2.48. The van der Waals surface area contributed by atoms with Crippen molar-refractivity contribution in [2.75, 3.05) is 27.2 Å². The fraction of sp³-hybridized carbons (Fsp3) is 0.700. The average molecular weight is 329 g/mol. The molecule has 1 aromatic rings. The van der Waals surface area contributed by atoms with Crippen LogP contribution in [0.2, 0.25) is 0 Å². The minimum Gasteiger partial charge on any atom is -0.365 e. The summed E-state index contributed by atoms with van der Waals surface area (Å²) >= 11 is 0. The molecular weight excluding hydrogens is 298 g/mol. The number of nitrogens with one attached hydrogen (secondary N) is 1. The summed E-state index contributed by atoms with van der Waals surface area (Å²) in [4.78, 5) is 4.80. The van der Waals surface area contributed by atoms with Crippen LogP contribution in [0.15, 0.2) is 30.3 Å². The van der Waals surface area contributed by atoms with E-state index in [1.54, 1.807) is 0 Å². The van der Waals surface area contributed by atoms with Crippen LogP contribution in [0.1, 0.15) is 44.1 Å². The number of aliphatic hydroxyl groups is 1. The maximum atomic E-state index is 10.4. The second kappa shape index (κ2) is 6.10. The number of aliphatic hydroxyl groups excluding tert-OH is 1. The van der Waals surface area contributed by atoms with Gasteiger partial charge in [0.25, 0.3) is 0 Å². The van der Waals surface area contributed by atoms with Crippen molar-refractivity contribution >= 4 is 0 Å². The van der Waals surface area contributed by atoms with E-state index in [1.807, 2.05) is 0 Å². The lowest BCUT2D eigenvalue weighted by atomic mass is 9.68. The molecule has 3 fully saturated rings. The zero-order valence-corrected chi connectivity index (χ0v) is 15.0. The molecule has 0 amide bonds. The zero-order chi connectivity index (χ0) is 16.8. The summed E-state index contributed by atoms with van der Waals surface area (Å²) < 4.78 is 0. The number of hydrogen-bond acceptors (Lipinski definition) is 4. The summed E-state index contributed by atoms with van der Waals surface area (Å²) in [5.41, 5.74) is 1.71. The predicted molar refractivity (Wildman–Crippen MR) is 96.4 cm³/mol. The molecule has 132 valence electrons. The van der Waals surface area contributed by atoms with Crippen LogP contribution in [0.5, 0.6) is 0 Å². The topological polar surface area (TPSA) is 38.7 Å². The van der Waals surface area contributed by atoms with Gasteiger partial charge < -0.3 is 5.11 Å². The lowest BCUT2D eigenvalue weighted by molar-refractivity contribution is -0.0607. The van der Waals surface area contributed by atoms with Crippen molar-refractivity contribution in [3.8, 4) is 0 Å². The van der Waals surface area contributed by atoms with E-state index >= 15 is 0 Å². The summed E-state index contributed by atoms with van der Waals surface area (Å²) in [6.07, 6.45) is 6.83. The van der Waals surface area contributed by atoms with Gasteiger partial charge in [-0.05, 0) is 64.1 Å². The Hall–Kier alpha value is -0.940. The molecule has 2 saturated carbocycles. The third kappa shape index (κ3) is 2.70. The fourth-order valence-electron chi connectivity index (χ4n) is 4.96. The van der Waals surface area contributed by atoms with Gasteiger partial charge >= 0.3 is 0 Å². The molecule has 4 heteroatoms. The molecular formula is C20H31N3O. The minimum absolute atomic E-state index is 0.130. The lowest BCUT2D eigenvalue weighted by Crippen LogP contribution is -2.56. The molecule has 1 unspecified atom stereocenters. The lowest BCUT2D eigenvalue weighted by Gasteiger charge is -2.51. The number of hydrogen-bond donors (Lipinski definition) is 2. The Balaban J connectivity index is 1.56. The Morgan fingerprint density at radius 1 is 1.12 bits per heavy atom.